The van der Waals surface area contributed by atoms with Gasteiger partial charge in [-0.2, -0.15) is 0 Å². The van der Waals surface area contributed by atoms with Crippen molar-refractivity contribution in [3.63, 3.8) is 0 Å². The molecule has 5 nitrogen and oxygen atoms in total. The molecule has 0 bridgehead atoms. The van der Waals surface area contributed by atoms with Crippen molar-refractivity contribution in [2.75, 3.05) is 18.4 Å². The normalized spacial score (nSPS) is 17.2. The summed E-state index contributed by atoms with van der Waals surface area (Å²) in [5.74, 6) is 0.561. The Hall–Kier alpha value is -1.65. The van der Waals surface area contributed by atoms with Gasteiger partial charge in [0.2, 0.25) is 0 Å². The molecule has 0 radical (unpaired) electrons. The Morgan fingerprint density at radius 1 is 1.32 bits per heavy atom. The molecule has 0 spiro atoms. The molecule has 2 N–H and O–H groups in total. The van der Waals surface area contributed by atoms with Crippen molar-refractivity contribution >= 4 is 11.7 Å². The second-order valence-electron chi connectivity index (χ2n) is 5.52. The van der Waals surface area contributed by atoms with Crippen LogP contribution in [0.3, 0.4) is 0 Å². The maximum Gasteiger partial charge on any atom is 0.271 e. The summed E-state index contributed by atoms with van der Waals surface area (Å²) in [4.78, 5) is 20.3. The summed E-state index contributed by atoms with van der Waals surface area (Å²) in [6.45, 7) is 5.74. The van der Waals surface area contributed by atoms with Crippen molar-refractivity contribution in [2.45, 2.75) is 39.5 Å². The van der Waals surface area contributed by atoms with E-state index in [1.165, 1.54) is 31.9 Å². The summed E-state index contributed by atoms with van der Waals surface area (Å²) in [5, 5.41) is 6.02. The summed E-state index contributed by atoms with van der Waals surface area (Å²) in [6.07, 6.45) is 8.03. The molecular weight excluding hydrogens is 240 g/mol. The quantitative estimate of drug-likeness (QED) is 0.854. The monoisotopic (exact) mass is 262 g/mol. The Balaban J connectivity index is 1.88. The van der Waals surface area contributed by atoms with E-state index in [4.69, 9.17) is 0 Å². The van der Waals surface area contributed by atoms with Gasteiger partial charge in [-0.25, -0.2) is 9.97 Å². The summed E-state index contributed by atoms with van der Waals surface area (Å²) in [7, 11) is 0. The minimum Gasteiger partial charge on any atom is -0.369 e. The van der Waals surface area contributed by atoms with E-state index >= 15 is 0 Å². The molecule has 19 heavy (non-hydrogen) atoms. The molecule has 0 atom stereocenters. The highest BCUT2D eigenvalue weighted by atomic mass is 16.1. The van der Waals surface area contributed by atoms with Crippen LogP contribution in [0.5, 0.6) is 0 Å². The molecule has 1 heterocycles. The Morgan fingerprint density at radius 3 is 2.63 bits per heavy atom. The van der Waals surface area contributed by atoms with Crippen molar-refractivity contribution in [3.05, 3.63) is 18.1 Å². The molecule has 0 unspecified atom stereocenters. The van der Waals surface area contributed by atoms with E-state index in [0.717, 1.165) is 13.1 Å². The number of aromatic nitrogens is 2. The molecule has 1 amide bonds. The lowest BCUT2D eigenvalue weighted by atomic mass is 9.89. The fourth-order valence-corrected chi connectivity index (χ4v) is 2.51. The predicted octanol–water partition coefficient (Wildman–Crippen LogP) is 2.22. The van der Waals surface area contributed by atoms with Crippen molar-refractivity contribution in [3.8, 4) is 0 Å². The number of nitrogens with zero attached hydrogens (tertiary/aromatic N) is 2. The van der Waals surface area contributed by atoms with E-state index in [9.17, 15) is 4.79 Å². The van der Waals surface area contributed by atoms with Gasteiger partial charge in [0.15, 0.2) is 0 Å². The predicted molar refractivity (Wildman–Crippen MR) is 75.1 cm³/mol. The van der Waals surface area contributed by atoms with Crippen LogP contribution in [0.15, 0.2) is 12.4 Å². The van der Waals surface area contributed by atoms with Gasteiger partial charge in [-0.15, -0.1) is 0 Å². The maximum atomic E-state index is 12.0. The van der Waals surface area contributed by atoms with Crippen LogP contribution in [0.4, 0.5) is 5.82 Å². The molecule has 1 aliphatic carbocycles. The number of hydrogen-bond acceptors (Lipinski definition) is 4. The molecule has 104 valence electrons. The van der Waals surface area contributed by atoms with E-state index in [1.54, 1.807) is 6.20 Å². The molecule has 2 rings (SSSR count). The number of hydrogen-bond donors (Lipinski definition) is 2. The van der Waals surface area contributed by atoms with Crippen LogP contribution in [0.2, 0.25) is 0 Å². The van der Waals surface area contributed by atoms with Crippen molar-refractivity contribution < 1.29 is 4.79 Å². The van der Waals surface area contributed by atoms with Gasteiger partial charge in [0, 0.05) is 13.1 Å². The smallest absolute Gasteiger partial charge is 0.271 e. The maximum absolute atomic E-state index is 12.0. The third kappa shape index (κ3) is 3.66. The third-order valence-electron chi connectivity index (χ3n) is 3.73. The van der Waals surface area contributed by atoms with Crippen LogP contribution >= 0.6 is 0 Å². The Kier molecular flexibility index (Phi) is 4.35. The third-order valence-corrected chi connectivity index (χ3v) is 3.73. The van der Waals surface area contributed by atoms with Crippen LogP contribution in [-0.4, -0.2) is 29.0 Å². The van der Waals surface area contributed by atoms with Crippen LogP contribution in [-0.2, 0) is 0 Å². The van der Waals surface area contributed by atoms with E-state index < -0.39 is 0 Å². The highest BCUT2D eigenvalue weighted by Gasteiger charge is 2.29. The van der Waals surface area contributed by atoms with E-state index in [-0.39, 0.29) is 11.3 Å². The first-order chi connectivity index (χ1) is 9.13. The molecule has 0 aliphatic heterocycles. The minimum atomic E-state index is -0.135. The van der Waals surface area contributed by atoms with Gasteiger partial charge in [0.25, 0.3) is 5.91 Å². The average molecular weight is 262 g/mol. The molecule has 1 aromatic rings. The highest BCUT2D eigenvalue weighted by molar-refractivity contribution is 5.92. The van der Waals surface area contributed by atoms with Crippen LogP contribution in [0.25, 0.3) is 0 Å². The summed E-state index contributed by atoms with van der Waals surface area (Å²) >= 11 is 0. The lowest BCUT2D eigenvalue weighted by Crippen LogP contribution is -2.34. The number of rotatable bonds is 5. The second-order valence-corrected chi connectivity index (χ2v) is 5.52. The average Bonchev–Trinajstić information content (AvgIpc) is 2.85. The lowest BCUT2D eigenvalue weighted by Gasteiger charge is -2.23. The summed E-state index contributed by atoms with van der Waals surface area (Å²) in [6, 6.07) is 0. The van der Waals surface area contributed by atoms with Crippen molar-refractivity contribution in [2.24, 2.45) is 5.41 Å². The summed E-state index contributed by atoms with van der Waals surface area (Å²) in [5.41, 5.74) is 0.635. The zero-order chi connectivity index (χ0) is 13.7. The van der Waals surface area contributed by atoms with Crippen molar-refractivity contribution in [1.29, 1.82) is 0 Å². The van der Waals surface area contributed by atoms with Gasteiger partial charge in [-0.1, -0.05) is 19.8 Å². The molecular formula is C14H22N4O. The molecule has 1 fully saturated rings. The molecule has 1 aliphatic rings. The van der Waals surface area contributed by atoms with Crippen LogP contribution in [0, 0.1) is 5.41 Å². The zero-order valence-corrected chi connectivity index (χ0v) is 11.7. The molecule has 0 aromatic carbocycles. The van der Waals surface area contributed by atoms with Crippen LogP contribution < -0.4 is 10.6 Å². The SMILES string of the molecule is CCNc1cnc(C(=O)NCC2(C)CCCC2)cn1. The first kappa shape index (κ1) is 13.8. The first-order valence-corrected chi connectivity index (χ1v) is 6.97. The fourth-order valence-electron chi connectivity index (χ4n) is 2.51. The number of nitrogens with one attached hydrogen (secondary N) is 2. The zero-order valence-electron chi connectivity index (χ0n) is 11.7. The topological polar surface area (TPSA) is 66.9 Å². The number of anilines is 1. The number of carbonyl (C=O) groups excluding carboxylic acids is 1. The molecule has 0 saturated heterocycles. The minimum absolute atomic E-state index is 0.135. The first-order valence-electron chi connectivity index (χ1n) is 6.97. The Labute approximate surface area is 114 Å². The molecule has 1 saturated carbocycles. The van der Waals surface area contributed by atoms with E-state index in [2.05, 4.69) is 27.5 Å². The van der Waals surface area contributed by atoms with E-state index in [0.29, 0.717) is 11.5 Å². The summed E-state index contributed by atoms with van der Waals surface area (Å²) < 4.78 is 0. The van der Waals surface area contributed by atoms with Gasteiger partial charge >= 0.3 is 0 Å². The lowest BCUT2D eigenvalue weighted by molar-refractivity contribution is 0.0929. The molecule has 5 heteroatoms. The second kappa shape index (κ2) is 5.99. The fraction of sp³-hybridized carbons (Fsp3) is 0.643. The highest BCUT2D eigenvalue weighted by Crippen LogP contribution is 2.36. The number of amides is 1. The standard InChI is InChI=1S/C14H22N4O/c1-3-15-12-9-16-11(8-17-12)13(19)18-10-14(2)6-4-5-7-14/h8-9H,3-7,10H2,1-2H3,(H,15,17)(H,18,19). The van der Waals surface area contributed by atoms with Crippen molar-refractivity contribution in [1.82, 2.24) is 15.3 Å². The van der Waals surface area contributed by atoms with Gasteiger partial charge in [0.1, 0.15) is 11.5 Å². The van der Waals surface area contributed by atoms with E-state index in [1.807, 2.05) is 6.92 Å². The Morgan fingerprint density at radius 2 is 2.05 bits per heavy atom. The van der Waals surface area contributed by atoms with Gasteiger partial charge in [-0.3, -0.25) is 4.79 Å². The Bertz CT molecular complexity index is 424. The van der Waals surface area contributed by atoms with Gasteiger partial charge in [0.05, 0.1) is 12.4 Å². The largest absolute Gasteiger partial charge is 0.369 e. The van der Waals surface area contributed by atoms with Crippen LogP contribution in [0.1, 0.15) is 50.0 Å². The van der Waals surface area contributed by atoms with Gasteiger partial charge < -0.3 is 10.6 Å². The van der Waals surface area contributed by atoms with Gasteiger partial charge in [-0.05, 0) is 25.2 Å². The molecule has 1 aromatic heterocycles. The number of carbonyl (C=O) groups is 1.